The van der Waals surface area contributed by atoms with Crippen molar-refractivity contribution in [2.75, 3.05) is 25.9 Å². The molecular formula is C20H24N4OS. The topological polar surface area (TPSA) is 42.7 Å². The summed E-state index contributed by atoms with van der Waals surface area (Å²) in [6.45, 7) is 4.26. The molecule has 1 aromatic carbocycles. The van der Waals surface area contributed by atoms with Crippen LogP contribution in [0.2, 0.25) is 0 Å². The summed E-state index contributed by atoms with van der Waals surface area (Å²) >= 11 is 1.84. The Hall–Kier alpha value is -2.05. The maximum absolute atomic E-state index is 6.14. The van der Waals surface area contributed by atoms with Crippen molar-refractivity contribution >= 4 is 17.4 Å². The zero-order chi connectivity index (χ0) is 17.9. The van der Waals surface area contributed by atoms with Gasteiger partial charge in [-0.15, -0.1) is 16.9 Å². The van der Waals surface area contributed by atoms with Gasteiger partial charge in [-0.2, -0.15) is 0 Å². The minimum absolute atomic E-state index is 0.205. The lowest BCUT2D eigenvalue weighted by Gasteiger charge is -2.29. The third kappa shape index (κ3) is 3.71. The zero-order valence-corrected chi connectivity index (χ0v) is 16.1. The van der Waals surface area contributed by atoms with Crippen LogP contribution in [-0.4, -0.2) is 51.5 Å². The second-order valence-electron chi connectivity index (χ2n) is 6.69. The van der Waals surface area contributed by atoms with Crippen LogP contribution in [0.5, 0.6) is 5.88 Å². The number of likely N-dealkylation sites (N-methyl/N-ethyl adjacent to an activating group) is 1. The zero-order valence-electron chi connectivity index (χ0n) is 15.3. The summed E-state index contributed by atoms with van der Waals surface area (Å²) in [5.41, 5.74) is 2.93. The van der Waals surface area contributed by atoms with Gasteiger partial charge in [0.1, 0.15) is 6.10 Å². The lowest BCUT2D eigenvalue weighted by Crippen LogP contribution is -2.38. The van der Waals surface area contributed by atoms with Gasteiger partial charge in [0.05, 0.1) is 11.9 Å². The molecule has 1 saturated heterocycles. The molecule has 2 aromatic heterocycles. The Morgan fingerprint density at radius 2 is 2.04 bits per heavy atom. The van der Waals surface area contributed by atoms with Gasteiger partial charge in [-0.25, -0.2) is 9.50 Å². The van der Waals surface area contributed by atoms with E-state index >= 15 is 0 Å². The predicted molar refractivity (Wildman–Crippen MR) is 106 cm³/mol. The van der Waals surface area contributed by atoms with Gasteiger partial charge < -0.3 is 9.64 Å². The number of nitrogens with zero attached hydrogens (tertiary/aromatic N) is 4. The van der Waals surface area contributed by atoms with Crippen LogP contribution in [0.15, 0.2) is 47.5 Å². The van der Waals surface area contributed by atoms with Crippen LogP contribution in [-0.2, 0) is 0 Å². The Morgan fingerprint density at radius 3 is 2.81 bits per heavy atom. The third-order valence-electron chi connectivity index (χ3n) is 4.67. The molecule has 0 amide bonds. The summed E-state index contributed by atoms with van der Waals surface area (Å²) in [5.74, 6) is 1.74. The number of fused-ring (bicyclic) bond motifs is 1. The van der Waals surface area contributed by atoms with Crippen molar-refractivity contribution in [3.8, 4) is 17.1 Å². The normalized spacial score (nSPS) is 18.3. The van der Waals surface area contributed by atoms with Crippen molar-refractivity contribution in [2.24, 2.45) is 0 Å². The first kappa shape index (κ1) is 17.4. The van der Waals surface area contributed by atoms with E-state index in [0.717, 1.165) is 42.2 Å². The SMILES string of the molecule is CCSc1ccc(-c2cnc3ccc(OC4CCCN(C)C4)nn23)cc1. The highest BCUT2D eigenvalue weighted by Gasteiger charge is 2.19. The van der Waals surface area contributed by atoms with Crippen LogP contribution in [0, 0.1) is 0 Å². The molecule has 1 atom stereocenters. The molecule has 4 rings (SSSR count). The highest BCUT2D eigenvalue weighted by Crippen LogP contribution is 2.25. The number of piperidine rings is 1. The van der Waals surface area contributed by atoms with Gasteiger partial charge in [-0.3, -0.25) is 0 Å². The van der Waals surface area contributed by atoms with E-state index in [1.165, 1.54) is 11.3 Å². The first-order chi connectivity index (χ1) is 12.7. The van der Waals surface area contributed by atoms with Crippen LogP contribution in [0.25, 0.3) is 16.9 Å². The van der Waals surface area contributed by atoms with Gasteiger partial charge in [0.2, 0.25) is 5.88 Å². The van der Waals surface area contributed by atoms with Crippen LogP contribution >= 0.6 is 11.8 Å². The lowest BCUT2D eigenvalue weighted by atomic mass is 10.1. The summed E-state index contributed by atoms with van der Waals surface area (Å²) in [6, 6.07) is 12.5. The molecule has 0 aliphatic carbocycles. The fourth-order valence-electron chi connectivity index (χ4n) is 3.39. The molecule has 3 aromatic rings. The molecule has 1 aliphatic rings. The van der Waals surface area contributed by atoms with E-state index in [-0.39, 0.29) is 6.10 Å². The van der Waals surface area contributed by atoms with E-state index in [2.05, 4.69) is 48.1 Å². The Kier molecular flexibility index (Phi) is 5.13. The van der Waals surface area contributed by atoms with Gasteiger partial charge in [-0.05, 0) is 50.4 Å². The minimum atomic E-state index is 0.205. The lowest BCUT2D eigenvalue weighted by molar-refractivity contribution is 0.0988. The standard InChI is InChI=1S/C20H24N4OS/c1-3-26-17-8-6-15(7-9-17)18-13-21-19-10-11-20(22-24(18)19)25-16-5-4-12-23(2)14-16/h6-11,13,16H,3-5,12,14H2,1-2H3. The van der Waals surface area contributed by atoms with Gasteiger partial charge in [0, 0.05) is 23.1 Å². The first-order valence-corrected chi connectivity index (χ1v) is 10.1. The number of aromatic nitrogens is 3. The minimum Gasteiger partial charge on any atom is -0.472 e. The molecule has 0 spiro atoms. The average molecular weight is 369 g/mol. The van der Waals surface area contributed by atoms with Crippen molar-refractivity contribution in [1.29, 1.82) is 0 Å². The fourth-order valence-corrected chi connectivity index (χ4v) is 4.05. The number of thioether (sulfide) groups is 1. The van der Waals surface area contributed by atoms with E-state index < -0.39 is 0 Å². The largest absolute Gasteiger partial charge is 0.472 e. The summed E-state index contributed by atoms with van der Waals surface area (Å²) in [4.78, 5) is 8.08. The smallest absolute Gasteiger partial charge is 0.232 e. The number of hydrogen-bond acceptors (Lipinski definition) is 5. The second kappa shape index (κ2) is 7.68. The molecule has 0 N–H and O–H groups in total. The molecule has 136 valence electrons. The fraction of sp³-hybridized carbons (Fsp3) is 0.400. The van der Waals surface area contributed by atoms with Crippen molar-refractivity contribution in [3.63, 3.8) is 0 Å². The molecule has 0 bridgehead atoms. The maximum Gasteiger partial charge on any atom is 0.232 e. The van der Waals surface area contributed by atoms with Crippen LogP contribution < -0.4 is 4.74 Å². The Balaban J connectivity index is 1.60. The molecule has 1 fully saturated rings. The number of rotatable bonds is 5. The van der Waals surface area contributed by atoms with E-state index in [0.29, 0.717) is 5.88 Å². The van der Waals surface area contributed by atoms with Crippen LogP contribution in [0.1, 0.15) is 19.8 Å². The number of ether oxygens (including phenoxy) is 1. The highest BCUT2D eigenvalue weighted by atomic mass is 32.2. The molecule has 0 saturated carbocycles. The van der Waals surface area contributed by atoms with E-state index in [9.17, 15) is 0 Å². The summed E-state index contributed by atoms with van der Waals surface area (Å²) < 4.78 is 8.02. The Bertz CT molecular complexity index is 877. The average Bonchev–Trinajstić information content (AvgIpc) is 3.06. The maximum atomic E-state index is 6.14. The Labute approximate surface area is 158 Å². The van der Waals surface area contributed by atoms with Gasteiger partial charge in [-0.1, -0.05) is 19.1 Å². The predicted octanol–water partition coefficient (Wildman–Crippen LogP) is 3.98. The summed E-state index contributed by atoms with van der Waals surface area (Å²) in [6.07, 6.45) is 4.33. The van der Waals surface area contributed by atoms with Crippen molar-refractivity contribution in [1.82, 2.24) is 19.5 Å². The van der Waals surface area contributed by atoms with Gasteiger partial charge in [0.25, 0.3) is 0 Å². The molecule has 1 aliphatic heterocycles. The molecule has 0 radical (unpaired) electrons. The number of imidazole rings is 1. The number of hydrogen-bond donors (Lipinski definition) is 0. The molecule has 1 unspecified atom stereocenters. The van der Waals surface area contributed by atoms with Crippen molar-refractivity contribution in [3.05, 3.63) is 42.6 Å². The van der Waals surface area contributed by atoms with Crippen LogP contribution in [0.3, 0.4) is 0 Å². The van der Waals surface area contributed by atoms with Gasteiger partial charge in [0.15, 0.2) is 5.65 Å². The summed E-state index contributed by atoms with van der Waals surface area (Å²) in [5, 5.41) is 4.70. The second-order valence-corrected chi connectivity index (χ2v) is 8.02. The monoisotopic (exact) mass is 368 g/mol. The number of benzene rings is 1. The van der Waals surface area contributed by atoms with Crippen molar-refractivity contribution in [2.45, 2.75) is 30.8 Å². The van der Waals surface area contributed by atoms with E-state index in [1.54, 1.807) is 0 Å². The summed E-state index contributed by atoms with van der Waals surface area (Å²) in [7, 11) is 2.14. The molecule has 6 heteroatoms. The highest BCUT2D eigenvalue weighted by molar-refractivity contribution is 7.99. The quantitative estimate of drug-likeness (QED) is 0.637. The Morgan fingerprint density at radius 1 is 1.19 bits per heavy atom. The molecule has 3 heterocycles. The first-order valence-electron chi connectivity index (χ1n) is 9.16. The molecule has 5 nitrogen and oxygen atoms in total. The van der Waals surface area contributed by atoms with E-state index in [4.69, 9.17) is 9.84 Å². The van der Waals surface area contributed by atoms with Gasteiger partial charge >= 0.3 is 0 Å². The number of likely N-dealkylation sites (tertiary alicyclic amines) is 1. The molecular weight excluding hydrogens is 344 g/mol. The third-order valence-corrected chi connectivity index (χ3v) is 5.56. The van der Waals surface area contributed by atoms with Crippen LogP contribution in [0.4, 0.5) is 0 Å². The van der Waals surface area contributed by atoms with E-state index in [1.807, 2.05) is 34.6 Å². The molecule has 26 heavy (non-hydrogen) atoms. The van der Waals surface area contributed by atoms with Crippen molar-refractivity contribution < 1.29 is 4.74 Å².